The number of fused-ring (bicyclic) bond motifs is 2. The molecule has 5 rings (SSSR count). The van der Waals surface area contributed by atoms with E-state index in [2.05, 4.69) is 29.9 Å². The van der Waals surface area contributed by atoms with E-state index in [0.717, 1.165) is 16.7 Å². The van der Waals surface area contributed by atoms with Crippen molar-refractivity contribution in [1.29, 1.82) is 10.5 Å². The fourth-order valence-corrected chi connectivity index (χ4v) is 3.49. The normalized spacial score (nSPS) is 11.0. The van der Waals surface area contributed by atoms with Crippen LogP contribution in [0.5, 0.6) is 0 Å². The van der Waals surface area contributed by atoms with Gasteiger partial charge in [0.05, 0.1) is 22.9 Å². The van der Waals surface area contributed by atoms with E-state index in [1.807, 2.05) is 36.4 Å². The summed E-state index contributed by atoms with van der Waals surface area (Å²) < 4.78 is 1.79. The van der Waals surface area contributed by atoms with Crippen molar-refractivity contribution in [2.75, 3.05) is 5.73 Å². The van der Waals surface area contributed by atoms with Crippen LogP contribution in [-0.2, 0) is 13.0 Å². The first-order valence-electron chi connectivity index (χ1n) is 9.12. The second kappa shape index (κ2) is 6.72. The van der Waals surface area contributed by atoms with E-state index in [4.69, 9.17) is 5.73 Å². The van der Waals surface area contributed by atoms with E-state index >= 15 is 0 Å². The first-order valence-corrected chi connectivity index (χ1v) is 9.12. The van der Waals surface area contributed by atoms with E-state index in [1.54, 1.807) is 17.1 Å². The highest BCUT2D eigenvalue weighted by molar-refractivity contribution is 5.98. The third-order valence-corrected chi connectivity index (χ3v) is 4.91. The number of rotatable bonds is 4. The first-order chi connectivity index (χ1) is 14.7. The number of aryl methyl sites for hydroxylation is 2. The molecule has 4 aromatic heterocycles. The third kappa shape index (κ3) is 2.64. The van der Waals surface area contributed by atoms with E-state index < -0.39 is 0 Å². The van der Waals surface area contributed by atoms with Gasteiger partial charge < -0.3 is 20.3 Å². The van der Waals surface area contributed by atoms with Gasteiger partial charge in [-0.2, -0.15) is 10.5 Å². The molecule has 30 heavy (non-hydrogen) atoms. The highest BCUT2D eigenvalue weighted by atomic mass is 15.1. The number of hydrogen-bond donors (Lipinski definition) is 3. The lowest BCUT2D eigenvalue weighted by Gasteiger charge is -2.06. The zero-order valence-electron chi connectivity index (χ0n) is 15.6. The van der Waals surface area contributed by atoms with E-state index in [-0.39, 0.29) is 11.4 Å². The first kappa shape index (κ1) is 17.4. The van der Waals surface area contributed by atoms with Crippen molar-refractivity contribution < 1.29 is 0 Å². The molecular weight excluding hydrogens is 380 g/mol. The Kier molecular flexibility index (Phi) is 3.90. The van der Waals surface area contributed by atoms with Gasteiger partial charge in [-0.3, -0.25) is 0 Å². The van der Waals surface area contributed by atoms with Crippen LogP contribution in [-0.4, -0.2) is 34.5 Å². The molecule has 0 bridgehead atoms. The number of nitrogen functional groups attached to an aromatic ring is 1. The summed E-state index contributed by atoms with van der Waals surface area (Å²) in [7, 11) is 0. The van der Waals surface area contributed by atoms with Crippen molar-refractivity contribution in [3.05, 3.63) is 53.9 Å². The molecule has 144 valence electrons. The van der Waals surface area contributed by atoms with Crippen LogP contribution >= 0.6 is 0 Å². The summed E-state index contributed by atoms with van der Waals surface area (Å²) in [6.45, 7) is 0.482. The van der Waals surface area contributed by atoms with E-state index in [1.165, 1.54) is 0 Å². The van der Waals surface area contributed by atoms with E-state index in [0.29, 0.717) is 41.3 Å². The number of benzene rings is 1. The minimum Gasteiger partial charge on any atom is -0.384 e. The summed E-state index contributed by atoms with van der Waals surface area (Å²) >= 11 is 0. The molecule has 1 aromatic carbocycles. The average Bonchev–Trinajstić information content (AvgIpc) is 3.48. The van der Waals surface area contributed by atoms with Crippen molar-refractivity contribution in [2.45, 2.75) is 13.0 Å². The molecule has 0 fully saturated rings. The number of nitrogens with two attached hydrogens (primary N) is 1. The van der Waals surface area contributed by atoms with Gasteiger partial charge in [0.15, 0.2) is 17.0 Å². The van der Waals surface area contributed by atoms with Crippen LogP contribution in [0, 0.1) is 22.7 Å². The van der Waals surface area contributed by atoms with E-state index in [9.17, 15) is 10.5 Å². The van der Waals surface area contributed by atoms with Crippen molar-refractivity contribution in [2.24, 2.45) is 0 Å². The zero-order chi connectivity index (χ0) is 20.7. The minimum absolute atomic E-state index is 0.0403. The molecule has 4 N–H and O–H groups in total. The van der Waals surface area contributed by atoms with Gasteiger partial charge >= 0.3 is 0 Å². The van der Waals surface area contributed by atoms with Crippen LogP contribution in [0.3, 0.4) is 0 Å². The lowest BCUT2D eigenvalue weighted by molar-refractivity contribution is 0.714. The van der Waals surface area contributed by atoms with Crippen molar-refractivity contribution in [3.63, 3.8) is 0 Å². The summed E-state index contributed by atoms with van der Waals surface area (Å²) in [5, 5.41) is 18.8. The monoisotopic (exact) mass is 394 g/mol. The van der Waals surface area contributed by atoms with Crippen LogP contribution < -0.4 is 5.73 Å². The number of nitrogens with one attached hydrogen (secondary N) is 2. The maximum absolute atomic E-state index is 9.41. The van der Waals surface area contributed by atoms with Crippen LogP contribution in [0.2, 0.25) is 0 Å². The number of H-pyrrole nitrogens is 2. The summed E-state index contributed by atoms with van der Waals surface area (Å²) in [5.41, 5.74) is 10.4. The Labute approximate surface area is 169 Å². The molecule has 0 amide bonds. The Hall–Kier alpha value is -4.70. The number of imidazole rings is 2. The Balaban J connectivity index is 1.75. The number of anilines is 1. The second-order valence-electron chi connectivity index (χ2n) is 6.66. The maximum atomic E-state index is 9.41. The minimum atomic E-state index is -0.0481. The molecule has 0 aliphatic rings. The number of nitriles is 2. The molecule has 0 aliphatic carbocycles. The van der Waals surface area contributed by atoms with Gasteiger partial charge in [0.1, 0.15) is 29.3 Å². The van der Waals surface area contributed by atoms with Gasteiger partial charge in [0.2, 0.25) is 0 Å². The van der Waals surface area contributed by atoms with Gasteiger partial charge in [-0.15, -0.1) is 0 Å². The highest BCUT2D eigenvalue weighted by Gasteiger charge is 2.24. The molecule has 0 saturated heterocycles. The quantitative estimate of drug-likeness (QED) is 0.421. The summed E-state index contributed by atoms with van der Waals surface area (Å²) in [4.78, 5) is 23.8. The van der Waals surface area contributed by atoms with Gasteiger partial charge in [0.25, 0.3) is 0 Å². The molecule has 0 aliphatic heterocycles. The average molecular weight is 394 g/mol. The molecule has 0 saturated carbocycles. The summed E-state index contributed by atoms with van der Waals surface area (Å²) in [5.74, 6) is 0.935. The SMILES string of the molecule is N#Cc1nc2c(-c3nc4ccccc4[nH]3)c(N)n(CCc3cnc[nH]3)c2nc1C#N. The van der Waals surface area contributed by atoms with Crippen LogP contribution in [0.1, 0.15) is 17.1 Å². The fraction of sp³-hybridized carbons (Fsp3) is 0.100. The number of nitrogens with zero attached hydrogens (tertiary/aromatic N) is 7. The topological polar surface area (TPSA) is 162 Å². The summed E-state index contributed by atoms with van der Waals surface area (Å²) in [6.07, 6.45) is 3.97. The van der Waals surface area contributed by atoms with Gasteiger partial charge in [-0.1, -0.05) is 12.1 Å². The molecule has 10 nitrogen and oxygen atoms in total. The molecule has 4 heterocycles. The standard InChI is InChI=1S/C20H14N10/c21-7-14-15(8-22)29-20-17(26-14)16(19-27-12-3-1-2-4-13(12)28-19)18(23)30(20)6-5-11-9-24-10-25-11/h1-4,9-10H,5-6,23H2,(H,24,25)(H,27,28). The highest BCUT2D eigenvalue weighted by Crippen LogP contribution is 2.35. The number of para-hydroxylation sites is 2. The maximum Gasteiger partial charge on any atom is 0.179 e. The van der Waals surface area contributed by atoms with Crippen molar-refractivity contribution in [3.8, 4) is 23.5 Å². The van der Waals surface area contributed by atoms with Gasteiger partial charge in [-0.05, 0) is 12.1 Å². The number of aromatic amines is 2. The summed E-state index contributed by atoms with van der Waals surface area (Å²) in [6, 6.07) is 11.5. The van der Waals surface area contributed by atoms with Gasteiger partial charge in [0, 0.05) is 24.9 Å². The Morgan fingerprint density at radius 1 is 1.07 bits per heavy atom. The molecule has 0 atom stereocenters. The molecule has 0 unspecified atom stereocenters. The Bertz CT molecular complexity index is 1440. The zero-order valence-corrected chi connectivity index (χ0v) is 15.6. The molecule has 5 aromatic rings. The lowest BCUT2D eigenvalue weighted by atomic mass is 10.2. The largest absolute Gasteiger partial charge is 0.384 e. The third-order valence-electron chi connectivity index (χ3n) is 4.91. The fourth-order valence-electron chi connectivity index (χ4n) is 3.49. The van der Waals surface area contributed by atoms with Gasteiger partial charge in [-0.25, -0.2) is 19.9 Å². The molecular formula is C20H14N10. The molecule has 0 spiro atoms. The van der Waals surface area contributed by atoms with Crippen molar-refractivity contribution in [1.82, 2.24) is 34.5 Å². The Morgan fingerprint density at radius 2 is 1.87 bits per heavy atom. The molecule has 10 heteroatoms. The molecule has 0 radical (unpaired) electrons. The van der Waals surface area contributed by atoms with Crippen molar-refractivity contribution >= 4 is 28.0 Å². The predicted molar refractivity (Wildman–Crippen MR) is 109 cm³/mol. The van der Waals surface area contributed by atoms with Crippen LogP contribution in [0.4, 0.5) is 5.82 Å². The number of aromatic nitrogens is 7. The van der Waals surface area contributed by atoms with Crippen LogP contribution in [0.15, 0.2) is 36.8 Å². The van der Waals surface area contributed by atoms with Crippen LogP contribution in [0.25, 0.3) is 33.6 Å². The Morgan fingerprint density at radius 3 is 2.60 bits per heavy atom. The number of hydrogen-bond acceptors (Lipinski definition) is 7. The lowest BCUT2D eigenvalue weighted by Crippen LogP contribution is -2.07. The predicted octanol–water partition coefficient (Wildman–Crippen LogP) is 2.27. The smallest absolute Gasteiger partial charge is 0.179 e. The second-order valence-corrected chi connectivity index (χ2v) is 6.66.